The van der Waals surface area contributed by atoms with Gasteiger partial charge in [-0.2, -0.15) is 0 Å². The maximum absolute atomic E-state index is 13.6. The molecule has 35 heavy (non-hydrogen) atoms. The quantitative estimate of drug-likeness (QED) is 0.479. The maximum atomic E-state index is 13.6. The number of hydrogen-bond donors (Lipinski definition) is 2. The largest absolute Gasteiger partial charge is 0.497 e. The van der Waals surface area contributed by atoms with E-state index in [1.165, 1.54) is 6.42 Å². The molecule has 2 saturated carbocycles. The Bertz CT molecular complexity index is 1170. The summed E-state index contributed by atoms with van der Waals surface area (Å²) in [6, 6.07) is 10.0. The molecular weight excluding hydrogens is 460 g/mol. The summed E-state index contributed by atoms with van der Waals surface area (Å²) in [7, 11) is 1.66. The number of hydrogen-bond acceptors (Lipinski definition) is 5. The summed E-state index contributed by atoms with van der Waals surface area (Å²) in [6.45, 7) is 3.38. The minimum Gasteiger partial charge on any atom is -0.497 e. The molecule has 2 amide bonds. The Kier molecular flexibility index (Phi) is 7.09. The van der Waals surface area contributed by atoms with E-state index in [0.29, 0.717) is 24.1 Å². The van der Waals surface area contributed by atoms with E-state index in [9.17, 15) is 9.59 Å². The summed E-state index contributed by atoms with van der Waals surface area (Å²) in [5, 5.41) is 6.48. The molecule has 4 atom stereocenters. The second-order valence-corrected chi connectivity index (χ2v) is 10.8. The molecule has 2 bridgehead atoms. The smallest absolute Gasteiger partial charge is 0.268 e. The van der Waals surface area contributed by atoms with Crippen molar-refractivity contribution in [2.45, 2.75) is 58.0 Å². The molecule has 5 rings (SSSR count). The molecular formula is C27H34N4O3S. The molecule has 0 saturated heterocycles. The number of aromatic nitrogens is 2. The molecule has 2 N–H and O–H groups in total. The number of amides is 2. The molecule has 7 nitrogen and oxygen atoms in total. The first-order valence-corrected chi connectivity index (χ1v) is 13.6. The molecule has 2 unspecified atom stereocenters. The zero-order chi connectivity index (χ0) is 24.4. The lowest BCUT2D eigenvalue weighted by Gasteiger charge is -2.45. The van der Waals surface area contributed by atoms with E-state index in [4.69, 9.17) is 4.74 Å². The zero-order valence-corrected chi connectivity index (χ0v) is 21.3. The molecule has 8 heteroatoms. The van der Waals surface area contributed by atoms with Crippen LogP contribution in [0.25, 0.3) is 10.3 Å². The predicted molar refractivity (Wildman–Crippen MR) is 138 cm³/mol. The van der Waals surface area contributed by atoms with Crippen molar-refractivity contribution < 1.29 is 14.3 Å². The number of nitrogens with one attached hydrogen (secondary N) is 2. The number of rotatable bonds is 8. The van der Waals surface area contributed by atoms with Gasteiger partial charge in [-0.25, -0.2) is 4.98 Å². The van der Waals surface area contributed by atoms with Gasteiger partial charge in [-0.1, -0.05) is 25.5 Å². The Morgan fingerprint density at radius 2 is 1.91 bits per heavy atom. The van der Waals surface area contributed by atoms with Crippen LogP contribution >= 0.6 is 11.3 Å². The van der Waals surface area contributed by atoms with Crippen molar-refractivity contribution in [1.29, 1.82) is 0 Å². The summed E-state index contributed by atoms with van der Waals surface area (Å²) >= 11 is 1.55. The molecule has 186 valence electrons. The van der Waals surface area contributed by atoms with Crippen molar-refractivity contribution in [3.05, 3.63) is 47.1 Å². The molecule has 2 aliphatic carbocycles. The summed E-state index contributed by atoms with van der Waals surface area (Å²) in [5.41, 5.74) is 4.40. The molecule has 2 aliphatic rings. The minimum atomic E-state index is -0.0421. The highest BCUT2D eigenvalue weighted by Crippen LogP contribution is 2.43. The Hall–Kier alpha value is -2.87. The van der Waals surface area contributed by atoms with Crippen LogP contribution in [0.3, 0.4) is 0 Å². The van der Waals surface area contributed by atoms with Gasteiger partial charge in [0.1, 0.15) is 11.4 Å². The average molecular weight is 495 g/mol. The molecule has 0 aliphatic heterocycles. The van der Waals surface area contributed by atoms with Crippen LogP contribution in [0.5, 0.6) is 5.75 Å². The fraction of sp³-hybridized carbons (Fsp3) is 0.519. The van der Waals surface area contributed by atoms with Crippen LogP contribution < -0.4 is 15.4 Å². The Balaban J connectivity index is 1.34. The highest BCUT2D eigenvalue weighted by Gasteiger charge is 2.43. The van der Waals surface area contributed by atoms with E-state index < -0.39 is 0 Å². The highest BCUT2D eigenvalue weighted by molar-refractivity contribution is 7.16. The van der Waals surface area contributed by atoms with Crippen molar-refractivity contribution in [3.8, 4) is 5.75 Å². The Morgan fingerprint density at radius 3 is 2.60 bits per heavy atom. The normalized spacial score (nSPS) is 23.7. The van der Waals surface area contributed by atoms with Gasteiger partial charge in [0.05, 0.1) is 17.3 Å². The van der Waals surface area contributed by atoms with Gasteiger partial charge in [-0.15, -0.1) is 11.3 Å². The van der Waals surface area contributed by atoms with E-state index in [1.54, 1.807) is 18.4 Å². The highest BCUT2D eigenvalue weighted by atomic mass is 32.1. The zero-order valence-electron chi connectivity index (χ0n) is 20.5. The maximum Gasteiger partial charge on any atom is 0.268 e. The van der Waals surface area contributed by atoms with E-state index in [-0.39, 0.29) is 23.8 Å². The number of ether oxygens (including phenoxy) is 1. The van der Waals surface area contributed by atoms with Gasteiger partial charge in [0.15, 0.2) is 5.65 Å². The topological polar surface area (TPSA) is 85.3 Å². The van der Waals surface area contributed by atoms with E-state index in [1.807, 2.05) is 40.4 Å². The van der Waals surface area contributed by atoms with Crippen LogP contribution in [0.1, 0.15) is 61.5 Å². The van der Waals surface area contributed by atoms with Crippen molar-refractivity contribution in [2.24, 2.45) is 17.8 Å². The third kappa shape index (κ3) is 4.94. The van der Waals surface area contributed by atoms with Crippen LogP contribution in [0.2, 0.25) is 0 Å². The lowest BCUT2D eigenvalue weighted by molar-refractivity contribution is -0.128. The Labute approximate surface area is 210 Å². The molecule has 2 aromatic heterocycles. The van der Waals surface area contributed by atoms with Gasteiger partial charge in [0.25, 0.3) is 5.91 Å². The second kappa shape index (κ2) is 10.4. The van der Waals surface area contributed by atoms with Crippen LogP contribution in [0, 0.1) is 17.8 Å². The first kappa shape index (κ1) is 23.9. The van der Waals surface area contributed by atoms with Gasteiger partial charge >= 0.3 is 0 Å². The number of carbonyl (C=O) groups is 2. The lowest BCUT2D eigenvalue weighted by atomic mass is 9.64. The second-order valence-electron chi connectivity index (χ2n) is 9.91. The van der Waals surface area contributed by atoms with Gasteiger partial charge in [-0.3, -0.25) is 9.59 Å². The number of fused-ring (bicyclic) bond motifs is 3. The number of methoxy groups -OCH3 is 1. The minimum absolute atomic E-state index is 0.0421. The van der Waals surface area contributed by atoms with E-state index in [0.717, 1.165) is 60.3 Å². The number of nitrogens with zero attached hydrogens (tertiary/aromatic N) is 2. The summed E-state index contributed by atoms with van der Waals surface area (Å²) in [4.78, 5) is 30.8. The first-order valence-electron chi connectivity index (χ1n) is 12.7. The number of benzene rings is 1. The number of carbonyl (C=O) groups excluding carboxylic acids is 2. The monoisotopic (exact) mass is 494 g/mol. The van der Waals surface area contributed by atoms with Gasteiger partial charge in [-0.05, 0) is 67.7 Å². The van der Waals surface area contributed by atoms with Crippen molar-refractivity contribution in [1.82, 2.24) is 20.2 Å². The molecule has 2 fully saturated rings. The van der Waals surface area contributed by atoms with Crippen LogP contribution in [-0.4, -0.2) is 41.1 Å². The van der Waals surface area contributed by atoms with Crippen LogP contribution in [0.15, 0.2) is 35.8 Å². The van der Waals surface area contributed by atoms with E-state index in [2.05, 4.69) is 22.5 Å². The van der Waals surface area contributed by atoms with Gasteiger partial charge in [0, 0.05) is 25.0 Å². The summed E-state index contributed by atoms with van der Waals surface area (Å²) in [6.07, 6.45) is 6.00. The summed E-state index contributed by atoms with van der Waals surface area (Å²) in [5.74, 6) is 1.73. The lowest BCUT2D eigenvalue weighted by Crippen LogP contribution is -2.53. The third-order valence-electron chi connectivity index (χ3n) is 7.68. The fourth-order valence-electron chi connectivity index (χ4n) is 5.94. The first-order chi connectivity index (χ1) is 17.1. The molecule has 3 aromatic rings. The van der Waals surface area contributed by atoms with Gasteiger partial charge < -0.3 is 19.9 Å². The molecule has 0 radical (unpaired) electrons. The standard InChI is InChI=1S/C27H34N4O3S/c1-3-11-28-26(32)20-12-18-5-4-6-19(13-20)24(18)30-27(33)22-14-23-25(29-16-35-23)31(22)15-17-7-9-21(34-2)10-8-17/h7-10,14,16,18-20,24H,3-6,11-13,15H2,1-2H3,(H,28,32)(H,30,33)/t18-,19+,20?,24?. The van der Waals surface area contributed by atoms with Crippen molar-refractivity contribution in [3.63, 3.8) is 0 Å². The Morgan fingerprint density at radius 1 is 1.17 bits per heavy atom. The van der Waals surface area contributed by atoms with Crippen molar-refractivity contribution in [2.75, 3.05) is 13.7 Å². The average Bonchev–Trinajstić information content (AvgIpc) is 3.45. The SMILES string of the molecule is CCCNC(=O)C1C[C@H]2CCC[C@@H](C1)C2NC(=O)c1cc2scnc2n1Cc1ccc(OC)cc1. The fourth-order valence-corrected chi connectivity index (χ4v) is 6.65. The number of thiazole rings is 1. The van der Waals surface area contributed by atoms with Gasteiger partial charge in [0.2, 0.25) is 5.91 Å². The predicted octanol–water partition coefficient (Wildman–Crippen LogP) is 4.61. The molecule has 0 spiro atoms. The summed E-state index contributed by atoms with van der Waals surface area (Å²) < 4.78 is 8.31. The van der Waals surface area contributed by atoms with Crippen molar-refractivity contribution >= 4 is 33.5 Å². The molecule has 1 aromatic carbocycles. The van der Waals surface area contributed by atoms with Crippen LogP contribution in [0.4, 0.5) is 0 Å². The third-order valence-corrected chi connectivity index (χ3v) is 8.44. The van der Waals surface area contributed by atoms with E-state index >= 15 is 0 Å². The van der Waals surface area contributed by atoms with Crippen LogP contribution in [-0.2, 0) is 11.3 Å². The molecule has 2 heterocycles.